The number of nitrogens with one attached hydrogen (secondary N) is 1. The summed E-state index contributed by atoms with van der Waals surface area (Å²) < 4.78 is 14.4. The molecule has 0 saturated heterocycles. The molecule has 2 aromatic carbocycles. The van der Waals surface area contributed by atoms with Crippen LogP contribution in [0.25, 0.3) is 5.69 Å². The number of aliphatic imine (C=N–C) groups is 1. The number of benzene rings is 2. The first-order chi connectivity index (χ1) is 12.4. The molecule has 0 fully saturated rings. The summed E-state index contributed by atoms with van der Waals surface area (Å²) in [5.74, 6) is -0.0145. The van der Waals surface area contributed by atoms with Gasteiger partial charge in [0.05, 0.1) is 11.3 Å². The maximum atomic E-state index is 13.1. The highest BCUT2D eigenvalue weighted by atomic mass is 19.1. The number of aromatic nitrogens is 2. The van der Waals surface area contributed by atoms with Crippen LogP contribution in [0.4, 0.5) is 10.1 Å². The van der Waals surface area contributed by atoms with Crippen LogP contribution in [0.1, 0.15) is 36.6 Å². The average Bonchev–Trinajstić information content (AvgIpc) is 2.89. The van der Waals surface area contributed by atoms with Crippen LogP contribution in [0.2, 0.25) is 0 Å². The van der Waals surface area contributed by atoms with E-state index in [1.54, 1.807) is 19.1 Å². The van der Waals surface area contributed by atoms with Gasteiger partial charge in [0.1, 0.15) is 17.3 Å². The molecule has 0 spiro atoms. The first kappa shape index (κ1) is 17.7. The molecule has 0 aliphatic carbocycles. The topological polar surface area (TPSA) is 70.4 Å². The molecule has 0 aliphatic rings. The number of hydrogen-bond donors (Lipinski definition) is 2. The second-order valence-corrected chi connectivity index (χ2v) is 6.43. The van der Waals surface area contributed by atoms with E-state index >= 15 is 0 Å². The number of H-pyrrole nitrogens is 1. The zero-order valence-electron chi connectivity index (χ0n) is 14.8. The fourth-order valence-corrected chi connectivity index (χ4v) is 2.62. The normalized spacial score (nSPS) is 11.6. The van der Waals surface area contributed by atoms with E-state index in [0.717, 1.165) is 5.56 Å². The Morgan fingerprint density at radius 2 is 1.88 bits per heavy atom. The van der Waals surface area contributed by atoms with Crippen LogP contribution in [0.5, 0.6) is 5.75 Å². The van der Waals surface area contributed by atoms with Crippen molar-refractivity contribution in [2.24, 2.45) is 4.99 Å². The Kier molecular flexibility index (Phi) is 4.75. The summed E-state index contributed by atoms with van der Waals surface area (Å²) in [7, 11) is 0. The van der Waals surface area contributed by atoms with Crippen molar-refractivity contribution in [3.05, 3.63) is 75.5 Å². The maximum Gasteiger partial charge on any atom is 0.280 e. The third-order valence-corrected chi connectivity index (χ3v) is 4.20. The fourth-order valence-electron chi connectivity index (χ4n) is 2.62. The van der Waals surface area contributed by atoms with E-state index in [2.05, 4.69) is 23.9 Å². The van der Waals surface area contributed by atoms with Crippen LogP contribution < -0.4 is 5.56 Å². The van der Waals surface area contributed by atoms with Gasteiger partial charge >= 0.3 is 0 Å². The number of halogens is 1. The van der Waals surface area contributed by atoms with Crippen molar-refractivity contribution in [3.63, 3.8) is 0 Å². The number of nitrogens with zero attached hydrogens (tertiary/aromatic N) is 2. The van der Waals surface area contributed by atoms with Gasteiger partial charge in [0.2, 0.25) is 0 Å². The van der Waals surface area contributed by atoms with Crippen molar-refractivity contribution >= 4 is 11.9 Å². The minimum absolute atomic E-state index is 0.0534. The molecule has 0 unspecified atom stereocenters. The lowest BCUT2D eigenvalue weighted by Crippen LogP contribution is -2.17. The minimum Gasteiger partial charge on any atom is -0.506 e. The largest absolute Gasteiger partial charge is 0.506 e. The third-order valence-electron chi connectivity index (χ3n) is 4.20. The molecule has 0 saturated carbocycles. The zero-order chi connectivity index (χ0) is 18.8. The Morgan fingerprint density at radius 1 is 1.19 bits per heavy atom. The van der Waals surface area contributed by atoms with E-state index < -0.39 is 0 Å². The van der Waals surface area contributed by atoms with E-state index in [1.165, 1.54) is 35.2 Å². The van der Waals surface area contributed by atoms with Crippen molar-refractivity contribution in [1.29, 1.82) is 0 Å². The van der Waals surface area contributed by atoms with Gasteiger partial charge in [-0.3, -0.25) is 14.9 Å². The Labute approximate surface area is 150 Å². The second kappa shape index (κ2) is 7.00. The summed E-state index contributed by atoms with van der Waals surface area (Å²) >= 11 is 0. The number of rotatable bonds is 4. The van der Waals surface area contributed by atoms with Gasteiger partial charge in [-0.2, -0.15) is 0 Å². The lowest BCUT2D eigenvalue weighted by atomic mass is 10.0. The fraction of sp³-hybridized carbons (Fsp3) is 0.200. The molecule has 134 valence electrons. The Bertz CT molecular complexity index is 1010. The van der Waals surface area contributed by atoms with Gasteiger partial charge in [-0.15, -0.1) is 0 Å². The SMILES string of the molecule is Cc1[nH]n(-c2ccc(F)cc2)c(=O)c1C=Nc1cc(C(C)C)ccc1O. The monoisotopic (exact) mass is 353 g/mol. The molecule has 0 atom stereocenters. The van der Waals surface area contributed by atoms with Gasteiger partial charge in [0.25, 0.3) is 5.56 Å². The van der Waals surface area contributed by atoms with Crippen molar-refractivity contribution in [3.8, 4) is 11.4 Å². The Balaban J connectivity index is 1.99. The third kappa shape index (κ3) is 3.44. The first-order valence-electron chi connectivity index (χ1n) is 8.31. The Morgan fingerprint density at radius 3 is 2.54 bits per heavy atom. The molecule has 3 rings (SSSR count). The molecule has 1 heterocycles. The van der Waals surface area contributed by atoms with Crippen LogP contribution in [0, 0.1) is 12.7 Å². The smallest absolute Gasteiger partial charge is 0.280 e. The van der Waals surface area contributed by atoms with Gasteiger partial charge in [-0.05, 0) is 54.8 Å². The molecule has 6 heteroatoms. The summed E-state index contributed by atoms with van der Waals surface area (Å²) in [5.41, 5.74) is 2.70. The van der Waals surface area contributed by atoms with Crippen LogP contribution in [-0.4, -0.2) is 21.1 Å². The Hall–Kier alpha value is -3.15. The van der Waals surface area contributed by atoms with E-state index in [4.69, 9.17) is 0 Å². The van der Waals surface area contributed by atoms with E-state index in [0.29, 0.717) is 28.6 Å². The predicted octanol–water partition coefficient (Wildman–Crippen LogP) is 4.19. The van der Waals surface area contributed by atoms with Gasteiger partial charge in [-0.25, -0.2) is 9.07 Å². The quantitative estimate of drug-likeness (QED) is 0.690. The zero-order valence-corrected chi connectivity index (χ0v) is 14.8. The molecule has 0 bridgehead atoms. The second-order valence-electron chi connectivity index (χ2n) is 6.43. The van der Waals surface area contributed by atoms with Gasteiger partial charge in [-0.1, -0.05) is 19.9 Å². The summed E-state index contributed by atoms with van der Waals surface area (Å²) in [5, 5.41) is 13.0. The number of phenols is 1. The summed E-state index contributed by atoms with van der Waals surface area (Å²) in [4.78, 5) is 16.9. The van der Waals surface area contributed by atoms with Gasteiger partial charge < -0.3 is 5.11 Å². The molecule has 1 aromatic heterocycles. The van der Waals surface area contributed by atoms with Crippen molar-refractivity contribution in [1.82, 2.24) is 9.78 Å². The predicted molar refractivity (Wildman–Crippen MR) is 101 cm³/mol. The summed E-state index contributed by atoms with van der Waals surface area (Å²) in [6.45, 7) is 5.86. The standard InChI is InChI=1S/C20H20FN3O2/c1-12(2)14-4-9-19(25)18(10-14)22-11-17-13(3)23-24(20(17)26)16-7-5-15(21)6-8-16/h4-12,23,25H,1-3H3. The van der Waals surface area contributed by atoms with Crippen molar-refractivity contribution in [2.75, 3.05) is 0 Å². The molecular formula is C20H20FN3O2. The summed E-state index contributed by atoms with van der Waals surface area (Å²) in [6, 6.07) is 10.9. The molecule has 26 heavy (non-hydrogen) atoms. The highest BCUT2D eigenvalue weighted by Crippen LogP contribution is 2.30. The van der Waals surface area contributed by atoms with E-state index in [-0.39, 0.29) is 17.1 Å². The van der Waals surface area contributed by atoms with Crippen LogP contribution in [-0.2, 0) is 0 Å². The maximum absolute atomic E-state index is 13.1. The number of phenolic OH excluding ortho intramolecular Hbond substituents is 1. The van der Waals surface area contributed by atoms with Crippen LogP contribution >= 0.6 is 0 Å². The van der Waals surface area contributed by atoms with Gasteiger partial charge in [0, 0.05) is 11.9 Å². The number of hydrogen-bond acceptors (Lipinski definition) is 3. The molecule has 0 radical (unpaired) electrons. The van der Waals surface area contributed by atoms with E-state index in [9.17, 15) is 14.3 Å². The summed E-state index contributed by atoms with van der Waals surface area (Å²) in [6.07, 6.45) is 1.44. The number of aromatic hydroxyl groups is 1. The molecule has 5 nitrogen and oxygen atoms in total. The number of aromatic amines is 1. The first-order valence-corrected chi connectivity index (χ1v) is 8.31. The molecule has 2 N–H and O–H groups in total. The lowest BCUT2D eigenvalue weighted by molar-refractivity contribution is 0.476. The highest BCUT2D eigenvalue weighted by Gasteiger charge is 2.11. The molecule has 0 amide bonds. The van der Waals surface area contributed by atoms with Crippen molar-refractivity contribution in [2.45, 2.75) is 26.7 Å². The van der Waals surface area contributed by atoms with Crippen LogP contribution in [0.15, 0.2) is 52.3 Å². The molecule has 3 aromatic rings. The minimum atomic E-state index is -0.368. The van der Waals surface area contributed by atoms with E-state index in [1.807, 2.05) is 6.07 Å². The highest BCUT2D eigenvalue weighted by molar-refractivity contribution is 5.83. The number of aryl methyl sites for hydroxylation is 1. The molecular weight excluding hydrogens is 333 g/mol. The lowest BCUT2D eigenvalue weighted by Gasteiger charge is -2.07. The average molecular weight is 353 g/mol. The van der Waals surface area contributed by atoms with Gasteiger partial charge in [0.15, 0.2) is 0 Å². The van der Waals surface area contributed by atoms with Crippen molar-refractivity contribution < 1.29 is 9.50 Å². The van der Waals surface area contributed by atoms with Crippen LogP contribution in [0.3, 0.4) is 0 Å². The molecule has 0 aliphatic heterocycles.